The summed E-state index contributed by atoms with van der Waals surface area (Å²) in [4.78, 5) is 13.5. The van der Waals surface area contributed by atoms with E-state index in [1.807, 2.05) is 4.90 Å². The normalized spacial score (nSPS) is 9.57. The first-order chi connectivity index (χ1) is 10.1. The average molecular weight is 304 g/mol. The fourth-order valence-corrected chi connectivity index (χ4v) is 1.93. The third-order valence-electron chi connectivity index (χ3n) is 2.63. The Balaban J connectivity index is 2.69. The molecule has 1 rings (SSSR count). The van der Waals surface area contributed by atoms with Gasteiger partial charge in [0.25, 0.3) is 0 Å². The maximum absolute atomic E-state index is 11.6. The molecule has 1 aromatic rings. The summed E-state index contributed by atoms with van der Waals surface area (Å²) in [5, 5.41) is 3.70. The number of carbonyl (C=O) groups excluding carboxylic acids is 1. The van der Waals surface area contributed by atoms with E-state index >= 15 is 0 Å². The van der Waals surface area contributed by atoms with Gasteiger partial charge in [0.15, 0.2) is 5.11 Å². The predicted molar refractivity (Wildman–Crippen MR) is 90.6 cm³/mol. The monoisotopic (exact) mass is 304 g/mol. The Bertz CT molecular complexity index is 502. The number of hydrogen-bond donors (Lipinski definition) is 1. The second-order valence-electron chi connectivity index (χ2n) is 4.21. The molecule has 112 valence electrons. The number of benzene rings is 1. The number of anilines is 1. The predicted octanol–water partition coefficient (Wildman–Crippen LogP) is 3.23. The Morgan fingerprint density at radius 1 is 1.29 bits per heavy atom. The van der Waals surface area contributed by atoms with Crippen molar-refractivity contribution in [1.82, 2.24) is 4.90 Å². The maximum Gasteiger partial charge on any atom is 0.338 e. The molecule has 21 heavy (non-hydrogen) atoms. The molecule has 0 aliphatic rings. The van der Waals surface area contributed by atoms with Gasteiger partial charge in [0.05, 0.1) is 12.2 Å². The number of thiocarbonyl (C=S) groups is 1. The van der Waals surface area contributed by atoms with Crippen molar-refractivity contribution in [2.24, 2.45) is 0 Å². The van der Waals surface area contributed by atoms with E-state index in [9.17, 15) is 4.79 Å². The van der Waals surface area contributed by atoms with E-state index in [2.05, 4.69) is 18.5 Å². The Morgan fingerprint density at radius 2 is 1.86 bits per heavy atom. The zero-order valence-corrected chi connectivity index (χ0v) is 13.0. The van der Waals surface area contributed by atoms with Gasteiger partial charge in [0.2, 0.25) is 0 Å². The largest absolute Gasteiger partial charge is 0.462 e. The topological polar surface area (TPSA) is 41.6 Å². The highest BCUT2D eigenvalue weighted by Crippen LogP contribution is 2.11. The van der Waals surface area contributed by atoms with Crippen LogP contribution in [0.2, 0.25) is 0 Å². The van der Waals surface area contributed by atoms with E-state index in [1.165, 1.54) is 0 Å². The second-order valence-corrected chi connectivity index (χ2v) is 4.60. The van der Waals surface area contributed by atoms with Crippen LogP contribution >= 0.6 is 12.2 Å². The molecule has 1 N–H and O–H groups in total. The van der Waals surface area contributed by atoms with Crippen LogP contribution in [0, 0.1) is 0 Å². The van der Waals surface area contributed by atoms with Crippen LogP contribution < -0.4 is 5.32 Å². The molecular weight excluding hydrogens is 284 g/mol. The molecule has 0 spiro atoms. The van der Waals surface area contributed by atoms with Crippen molar-refractivity contribution in [3.8, 4) is 0 Å². The summed E-state index contributed by atoms with van der Waals surface area (Å²) in [5.74, 6) is -0.327. The van der Waals surface area contributed by atoms with E-state index in [4.69, 9.17) is 17.0 Å². The van der Waals surface area contributed by atoms with Gasteiger partial charge in [0, 0.05) is 18.8 Å². The minimum Gasteiger partial charge on any atom is -0.462 e. The average Bonchev–Trinajstić information content (AvgIpc) is 2.48. The minimum atomic E-state index is -0.327. The smallest absolute Gasteiger partial charge is 0.338 e. The van der Waals surface area contributed by atoms with Crippen molar-refractivity contribution < 1.29 is 9.53 Å². The molecule has 0 heterocycles. The number of rotatable bonds is 7. The van der Waals surface area contributed by atoms with E-state index < -0.39 is 0 Å². The summed E-state index contributed by atoms with van der Waals surface area (Å²) in [6.07, 6.45) is 3.56. The van der Waals surface area contributed by atoms with Gasteiger partial charge >= 0.3 is 5.97 Å². The minimum absolute atomic E-state index is 0.327. The molecule has 0 saturated heterocycles. The van der Waals surface area contributed by atoms with Crippen LogP contribution in [0.1, 0.15) is 17.3 Å². The molecule has 1 aromatic carbocycles. The Hall–Kier alpha value is -2.14. The molecule has 0 aliphatic heterocycles. The number of carbonyl (C=O) groups is 1. The van der Waals surface area contributed by atoms with Crippen molar-refractivity contribution >= 4 is 29.0 Å². The van der Waals surface area contributed by atoms with Crippen LogP contribution in [0.25, 0.3) is 0 Å². The van der Waals surface area contributed by atoms with Gasteiger partial charge in [-0.3, -0.25) is 0 Å². The highest BCUT2D eigenvalue weighted by Gasteiger charge is 2.08. The number of esters is 1. The highest BCUT2D eigenvalue weighted by molar-refractivity contribution is 7.80. The van der Waals surface area contributed by atoms with Gasteiger partial charge in [-0.15, -0.1) is 13.2 Å². The first kappa shape index (κ1) is 16.9. The van der Waals surface area contributed by atoms with Crippen LogP contribution in [-0.4, -0.2) is 35.7 Å². The fourth-order valence-electron chi connectivity index (χ4n) is 1.66. The van der Waals surface area contributed by atoms with Gasteiger partial charge in [-0.1, -0.05) is 12.2 Å². The zero-order chi connectivity index (χ0) is 15.7. The van der Waals surface area contributed by atoms with Gasteiger partial charge < -0.3 is 15.0 Å². The van der Waals surface area contributed by atoms with E-state index in [1.54, 1.807) is 43.3 Å². The van der Waals surface area contributed by atoms with E-state index in [-0.39, 0.29) is 5.97 Å². The molecule has 0 radical (unpaired) electrons. The molecule has 4 nitrogen and oxygen atoms in total. The summed E-state index contributed by atoms with van der Waals surface area (Å²) >= 11 is 5.34. The van der Waals surface area contributed by atoms with Gasteiger partial charge in [-0.2, -0.15) is 0 Å². The first-order valence-corrected chi connectivity index (χ1v) is 7.08. The maximum atomic E-state index is 11.6. The number of nitrogens with one attached hydrogen (secondary N) is 1. The summed E-state index contributed by atoms with van der Waals surface area (Å²) in [6.45, 7) is 10.8. The molecule has 0 fully saturated rings. The Labute approximate surface area is 131 Å². The first-order valence-electron chi connectivity index (χ1n) is 6.67. The Kier molecular flexibility index (Phi) is 7.18. The standard InChI is InChI=1S/C16H20N2O2S/c1-4-11-18(12-5-2)16(21)17-14-9-7-13(8-10-14)15(19)20-6-3/h4-5,7-10H,1-2,6,11-12H2,3H3,(H,17,21). The molecule has 0 saturated carbocycles. The van der Waals surface area contributed by atoms with Crippen LogP contribution in [0.3, 0.4) is 0 Å². The number of hydrogen-bond acceptors (Lipinski definition) is 3. The highest BCUT2D eigenvalue weighted by atomic mass is 32.1. The van der Waals surface area contributed by atoms with Crippen molar-refractivity contribution in [2.45, 2.75) is 6.92 Å². The summed E-state index contributed by atoms with van der Waals surface area (Å²) in [6, 6.07) is 6.99. The Morgan fingerprint density at radius 3 is 2.33 bits per heavy atom. The van der Waals surface area contributed by atoms with Gasteiger partial charge in [0.1, 0.15) is 0 Å². The summed E-state index contributed by atoms with van der Waals surface area (Å²) in [7, 11) is 0. The van der Waals surface area contributed by atoms with Crippen molar-refractivity contribution in [3.05, 3.63) is 55.1 Å². The van der Waals surface area contributed by atoms with Crippen LogP contribution in [-0.2, 0) is 4.74 Å². The van der Waals surface area contributed by atoms with E-state index in [0.717, 1.165) is 5.69 Å². The van der Waals surface area contributed by atoms with Gasteiger partial charge in [-0.25, -0.2) is 4.79 Å². The SMILES string of the molecule is C=CCN(CC=C)C(=S)Nc1ccc(C(=O)OCC)cc1. The van der Waals surface area contributed by atoms with Crippen molar-refractivity contribution in [1.29, 1.82) is 0 Å². The molecule has 0 atom stereocenters. The lowest BCUT2D eigenvalue weighted by atomic mass is 10.2. The lowest BCUT2D eigenvalue weighted by molar-refractivity contribution is 0.0526. The quantitative estimate of drug-likeness (QED) is 0.476. The molecule has 0 aliphatic carbocycles. The lowest BCUT2D eigenvalue weighted by Crippen LogP contribution is -2.34. The molecule has 0 bridgehead atoms. The molecule has 0 unspecified atom stereocenters. The molecular formula is C16H20N2O2S. The van der Waals surface area contributed by atoms with Crippen LogP contribution in [0.5, 0.6) is 0 Å². The van der Waals surface area contributed by atoms with Gasteiger partial charge in [-0.05, 0) is 43.4 Å². The van der Waals surface area contributed by atoms with Crippen LogP contribution in [0.15, 0.2) is 49.6 Å². The molecule has 0 amide bonds. The number of ether oxygens (including phenoxy) is 1. The summed E-state index contributed by atoms with van der Waals surface area (Å²) in [5.41, 5.74) is 1.33. The third kappa shape index (κ3) is 5.39. The van der Waals surface area contributed by atoms with Crippen molar-refractivity contribution in [2.75, 3.05) is 25.0 Å². The summed E-state index contributed by atoms with van der Waals surface area (Å²) < 4.78 is 4.94. The zero-order valence-electron chi connectivity index (χ0n) is 12.2. The molecule has 0 aromatic heterocycles. The molecule has 5 heteroatoms. The fraction of sp³-hybridized carbons (Fsp3) is 0.250. The van der Waals surface area contributed by atoms with E-state index in [0.29, 0.717) is 30.4 Å². The second kappa shape index (κ2) is 8.92. The number of nitrogens with zero attached hydrogens (tertiary/aromatic N) is 1. The third-order valence-corrected chi connectivity index (χ3v) is 2.99. The lowest BCUT2D eigenvalue weighted by Gasteiger charge is -2.23. The van der Waals surface area contributed by atoms with Crippen LogP contribution in [0.4, 0.5) is 5.69 Å². The van der Waals surface area contributed by atoms with Crippen molar-refractivity contribution in [3.63, 3.8) is 0 Å².